The molecule has 2 aliphatic heterocycles. The molecule has 0 aliphatic carbocycles. The van der Waals surface area contributed by atoms with Crippen LogP contribution in [-0.4, -0.2) is 49.6 Å². The molecule has 17 heteroatoms. The third-order valence-corrected chi connectivity index (χ3v) is 9.61. The Hall–Kier alpha value is -4.17. The molecule has 0 fully saturated rings. The van der Waals surface area contributed by atoms with Gasteiger partial charge in [0.2, 0.25) is 0 Å². The van der Waals surface area contributed by atoms with Gasteiger partial charge >= 0.3 is 5.97 Å². The number of phenolic OH excluding ortho intramolecular Hbond substituents is 1. The summed E-state index contributed by atoms with van der Waals surface area (Å²) >= 11 is 24.4. The SMILES string of the molecule is C=CCOC(=O)/C=C(\COc1cc(-c2c(Cl)n3n(c2=O)CCCC3)c(F)cc1Cl)OCC.O=c1c(-c2cc(O)c(Cl)cc2F)c(Cl)n2n1CCCC2. The lowest BCUT2D eigenvalue weighted by molar-refractivity contribution is -0.136. The Kier molecular flexibility index (Phi) is 12.8. The van der Waals surface area contributed by atoms with Gasteiger partial charge in [-0.25, -0.2) is 22.9 Å². The van der Waals surface area contributed by atoms with Crippen LogP contribution >= 0.6 is 46.4 Å². The van der Waals surface area contributed by atoms with Crippen LogP contribution in [0.2, 0.25) is 20.4 Å². The molecule has 4 heterocycles. The first-order valence-electron chi connectivity index (χ1n) is 16.3. The minimum Gasteiger partial charge on any atom is -0.506 e. The highest BCUT2D eigenvalue weighted by Crippen LogP contribution is 2.37. The number of hydrogen-bond donors (Lipinski definition) is 1. The molecule has 0 bridgehead atoms. The van der Waals surface area contributed by atoms with E-state index in [1.807, 2.05) is 0 Å². The van der Waals surface area contributed by atoms with Gasteiger partial charge in [-0.15, -0.1) is 0 Å². The topological polar surface area (TPSA) is 119 Å². The van der Waals surface area contributed by atoms with Gasteiger partial charge in [-0.1, -0.05) is 59.1 Å². The Morgan fingerprint density at radius 3 is 1.81 bits per heavy atom. The smallest absolute Gasteiger partial charge is 0.334 e. The van der Waals surface area contributed by atoms with Crippen molar-refractivity contribution in [2.75, 3.05) is 19.8 Å². The fourth-order valence-electron chi connectivity index (χ4n) is 5.84. The van der Waals surface area contributed by atoms with E-state index in [0.717, 1.165) is 50.0 Å². The Bertz CT molecular complexity index is 2160. The highest BCUT2D eigenvalue weighted by Gasteiger charge is 2.26. The fourth-order valence-corrected chi connectivity index (χ4v) is 6.91. The summed E-state index contributed by atoms with van der Waals surface area (Å²) in [6.07, 6.45) is 6.12. The summed E-state index contributed by atoms with van der Waals surface area (Å²) in [5.74, 6) is -1.98. The average Bonchev–Trinajstić information content (AvgIpc) is 3.53. The van der Waals surface area contributed by atoms with E-state index < -0.39 is 17.6 Å². The summed E-state index contributed by atoms with van der Waals surface area (Å²) in [6.45, 7) is 7.67. The quantitative estimate of drug-likeness (QED) is 0.0752. The van der Waals surface area contributed by atoms with Crippen LogP contribution in [0.1, 0.15) is 32.6 Å². The lowest BCUT2D eigenvalue weighted by Gasteiger charge is -2.17. The number of aromatic hydroxyl groups is 1. The first-order valence-corrected chi connectivity index (χ1v) is 17.8. The van der Waals surface area contributed by atoms with Crippen molar-refractivity contribution in [2.24, 2.45) is 0 Å². The zero-order valence-corrected chi connectivity index (χ0v) is 30.9. The maximum Gasteiger partial charge on any atom is 0.334 e. The monoisotopic (exact) mass is 800 g/mol. The predicted octanol–water partition coefficient (Wildman–Crippen LogP) is 7.85. The molecule has 2 aromatic heterocycles. The average molecular weight is 802 g/mol. The van der Waals surface area contributed by atoms with Crippen molar-refractivity contribution in [1.82, 2.24) is 18.7 Å². The summed E-state index contributed by atoms with van der Waals surface area (Å²) < 4.78 is 51.1. The summed E-state index contributed by atoms with van der Waals surface area (Å²) in [5, 5.41) is 9.86. The summed E-state index contributed by atoms with van der Waals surface area (Å²) in [6, 6.07) is 4.49. The van der Waals surface area contributed by atoms with E-state index >= 15 is 0 Å². The summed E-state index contributed by atoms with van der Waals surface area (Å²) in [7, 11) is 0. The zero-order chi connectivity index (χ0) is 37.7. The summed E-state index contributed by atoms with van der Waals surface area (Å²) in [5.41, 5.74) is -0.645. The lowest BCUT2D eigenvalue weighted by Crippen LogP contribution is -2.27. The second-order valence-corrected chi connectivity index (χ2v) is 13.2. The minimum absolute atomic E-state index is 0.00321. The molecule has 0 radical (unpaired) electrons. The molecule has 278 valence electrons. The fraction of sp³-hybridized carbons (Fsp3) is 0.343. The van der Waals surface area contributed by atoms with Crippen LogP contribution in [0.25, 0.3) is 22.3 Å². The Labute approximate surface area is 316 Å². The van der Waals surface area contributed by atoms with Gasteiger partial charge in [-0.05, 0) is 56.9 Å². The number of carbonyl (C=O) groups is 1. The van der Waals surface area contributed by atoms with Crippen LogP contribution in [-0.2, 0) is 40.4 Å². The van der Waals surface area contributed by atoms with Crippen molar-refractivity contribution in [1.29, 1.82) is 0 Å². The first kappa shape index (κ1) is 39.0. The number of hydrogen-bond acceptors (Lipinski definition) is 7. The Morgan fingerprint density at radius 2 is 1.31 bits per heavy atom. The molecule has 2 aliphatic rings. The van der Waals surface area contributed by atoms with Gasteiger partial charge in [-0.3, -0.25) is 19.0 Å². The first-order chi connectivity index (χ1) is 24.9. The molecule has 2 aromatic carbocycles. The third-order valence-electron chi connectivity index (χ3n) is 8.24. The van der Waals surface area contributed by atoms with Crippen LogP contribution in [0.5, 0.6) is 11.5 Å². The highest BCUT2D eigenvalue weighted by atomic mass is 35.5. The second kappa shape index (κ2) is 17.1. The highest BCUT2D eigenvalue weighted by molar-refractivity contribution is 6.34. The zero-order valence-electron chi connectivity index (χ0n) is 27.9. The number of carbonyl (C=O) groups excluding carboxylic acids is 1. The standard InChI is InChI=1S/C22H23Cl2FN2O5.C13H11Cl2FN2O2/c1-3-9-31-19(28)10-14(30-4-2)13-32-18-11-15(17(25)12-16(18)23)20-21(24)26-7-5-6-8-27(26)22(20)29;14-8-6-9(16)7(5-10(8)19)11-12(15)17-3-1-2-4-18(17)13(11)20/h3,10-12H,1,4-9,13H2,2H3;5-6,19H,1-4H2/b14-10+;. The molecule has 0 unspecified atom stereocenters. The van der Waals surface area contributed by atoms with E-state index in [0.29, 0.717) is 26.2 Å². The van der Waals surface area contributed by atoms with Crippen LogP contribution < -0.4 is 15.9 Å². The number of benzene rings is 2. The van der Waals surface area contributed by atoms with Gasteiger partial charge in [0, 0.05) is 37.3 Å². The van der Waals surface area contributed by atoms with E-state index in [1.54, 1.807) is 16.3 Å². The van der Waals surface area contributed by atoms with Crippen LogP contribution in [0.3, 0.4) is 0 Å². The number of esters is 1. The van der Waals surface area contributed by atoms with Crippen LogP contribution in [0, 0.1) is 11.6 Å². The summed E-state index contributed by atoms with van der Waals surface area (Å²) in [4.78, 5) is 37.0. The largest absolute Gasteiger partial charge is 0.506 e. The van der Waals surface area contributed by atoms with Crippen molar-refractivity contribution in [3.8, 4) is 33.8 Å². The lowest BCUT2D eigenvalue weighted by atomic mass is 10.1. The van der Waals surface area contributed by atoms with Crippen molar-refractivity contribution >= 4 is 52.4 Å². The maximum atomic E-state index is 14.8. The van der Waals surface area contributed by atoms with Gasteiger partial charge in [0.25, 0.3) is 11.1 Å². The Balaban J connectivity index is 0.000000223. The van der Waals surface area contributed by atoms with Gasteiger partial charge < -0.3 is 19.3 Å². The third kappa shape index (κ3) is 8.22. The number of fused-ring (bicyclic) bond motifs is 2. The van der Waals surface area contributed by atoms with Crippen molar-refractivity contribution in [3.05, 3.63) is 101 Å². The van der Waals surface area contributed by atoms with Gasteiger partial charge in [0.15, 0.2) is 0 Å². The molecular formula is C35H34Cl4F2N4O7. The molecule has 1 N–H and O–H groups in total. The van der Waals surface area contributed by atoms with Crippen molar-refractivity contribution in [2.45, 2.75) is 58.8 Å². The molecule has 4 aromatic rings. The number of halogens is 6. The van der Waals surface area contributed by atoms with Gasteiger partial charge in [0.05, 0.1) is 33.9 Å². The molecule has 0 atom stereocenters. The number of rotatable bonds is 10. The number of phenols is 1. The van der Waals surface area contributed by atoms with E-state index in [-0.39, 0.29) is 90.8 Å². The number of ether oxygens (including phenoxy) is 3. The normalized spacial score (nSPS) is 13.8. The molecule has 11 nitrogen and oxygen atoms in total. The molecule has 6 rings (SSSR count). The van der Waals surface area contributed by atoms with E-state index in [4.69, 9.17) is 60.6 Å². The van der Waals surface area contributed by atoms with Crippen LogP contribution in [0.4, 0.5) is 8.78 Å². The van der Waals surface area contributed by atoms with Gasteiger partial charge in [-0.2, -0.15) is 0 Å². The molecule has 52 heavy (non-hydrogen) atoms. The van der Waals surface area contributed by atoms with E-state index in [2.05, 4.69) is 6.58 Å². The number of aromatic nitrogens is 4. The molecule has 0 saturated carbocycles. The van der Waals surface area contributed by atoms with Gasteiger partial charge in [0.1, 0.15) is 52.4 Å². The molecular weight excluding hydrogens is 768 g/mol. The van der Waals surface area contributed by atoms with Crippen molar-refractivity contribution < 1.29 is 32.9 Å². The number of nitrogens with zero attached hydrogens (tertiary/aromatic N) is 4. The van der Waals surface area contributed by atoms with Crippen molar-refractivity contribution in [3.63, 3.8) is 0 Å². The predicted molar refractivity (Wildman–Crippen MR) is 195 cm³/mol. The van der Waals surface area contributed by atoms with E-state index in [1.165, 1.54) is 21.5 Å². The maximum absolute atomic E-state index is 14.8. The molecule has 0 amide bonds. The minimum atomic E-state index is -0.696. The Morgan fingerprint density at radius 1 is 0.808 bits per heavy atom. The van der Waals surface area contributed by atoms with E-state index in [9.17, 15) is 28.3 Å². The van der Waals surface area contributed by atoms with Crippen LogP contribution in [0.15, 0.2) is 58.3 Å². The molecule has 0 saturated heterocycles. The second-order valence-electron chi connectivity index (χ2n) is 11.6. The molecule has 0 spiro atoms.